The number of ketones is 1. The minimum absolute atomic E-state index is 0.110. The molecule has 2 heterocycles. The van der Waals surface area contributed by atoms with Crippen LogP contribution in [-0.4, -0.2) is 60.5 Å². The third-order valence-electron chi connectivity index (χ3n) is 5.25. The lowest BCUT2D eigenvalue weighted by atomic mass is 10.2. The number of hydrogen-bond donors (Lipinski definition) is 0. The number of piperazine rings is 1. The minimum Gasteiger partial charge on any atom is -0.335 e. The van der Waals surface area contributed by atoms with E-state index in [0.717, 1.165) is 11.3 Å². The molecule has 0 bridgehead atoms. The van der Waals surface area contributed by atoms with Crippen molar-refractivity contribution in [2.75, 3.05) is 26.2 Å². The van der Waals surface area contributed by atoms with Crippen LogP contribution < -0.4 is 0 Å². The highest BCUT2D eigenvalue weighted by Crippen LogP contribution is 2.28. The number of hydrogen-bond acceptors (Lipinski definition) is 6. The monoisotopic (exact) mass is 473 g/mol. The molecule has 1 aromatic heterocycles. The Morgan fingerprint density at radius 1 is 1.00 bits per heavy atom. The quantitative estimate of drug-likeness (QED) is 0.531. The van der Waals surface area contributed by atoms with Crippen molar-refractivity contribution in [3.63, 3.8) is 0 Å². The molecule has 4 rings (SSSR count). The molecule has 2 aromatic carbocycles. The molecule has 1 aliphatic heterocycles. The fourth-order valence-corrected chi connectivity index (χ4v) is 5.76. The molecule has 1 saturated heterocycles. The lowest BCUT2D eigenvalue weighted by Gasteiger charge is -2.33. The van der Waals surface area contributed by atoms with Gasteiger partial charge >= 0.3 is 0 Å². The molecule has 0 N–H and O–H groups in total. The Hall–Kier alpha value is -2.95. The molecule has 3 aromatic rings. The number of nitrogens with zero attached hydrogens (tertiary/aromatic N) is 3. The smallest absolute Gasteiger partial charge is 0.265 e. The summed E-state index contributed by atoms with van der Waals surface area (Å²) in [5.74, 6) is -0.800. The molecule has 32 heavy (non-hydrogen) atoms. The molecule has 7 nitrogen and oxygen atoms in total. The zero-order chi connectivity index (χ0) is 22.9. The molecular formula is C22H20FN3O4S2. The number of carbonyl (C=O) groups excluding carboxylic acids is 2. The summed E-state index contributed by atoms with van der Waals surface area (Å²) in [5, 5.41) is 0.418. The predicted molar refractivity (Wildman–Crippen MR) is 119 cm³/mol. The van der Waals surface area contributed by atoms with Gasteiger partial charge in [-0.2, -0.15) is 4.31 Å². The van der Waals surface area contributed by atoms with Crippen molar-refractivity contribution in [1.29, 1.82) is 0 Å². The summed E-state index contributed by atoms with van der Waals surface area (Å²) >= 11 is 1.11. The average Bonchev–Trinajstić information content (AvgIpc) is 3.29. The van der Waals surface area contributed by atoms with Crippen molar-refractivity contribution < 1.29 is 22.4 Å². The zero-order valence-electron chi connectivity index (χ0n) is 17.2. The molecule has 0 saturated carbocycles. The molecule has 0 radical (unpaired) electrons. The predicted octanol–water partition coefficient (Wildman–Crippen LogP) is 3.30. The summed E-state index contributed by atoms with van der Waals surface area (Å²) in [7, 11) is -3.72. The SMILES string of the molecule is CC(=O)c1ccc(S(=O)(=O)N2CCN(C(=O)c3cnc(-c4ccccc4F)s3)CC2)cc1. The number of rotatable bonds is 5. The lowest BCUT2D eigenvalue weighted by Crippen LogP contribution is -2.50. The number of halogens is 1. The molecular weight excluding hydrogens is 453 g/mol. The maximum atomic E-state index is 14.0. The van der Waals surface area contributed by atoms with E-state index in [0.29, 0.717) is 21.0 Å². The summed E-state index contributed by atoms with van der Waals surface area (Å²) in [4.78, 5) is 30.5. The minimum atomic E-state index is -3.72. The number of thiazole rings is 1. The van der Waals surface area contributed by atoms with Gasteiger partial charge in [-0.05, 0) is 31.2 Å². The Bertz CT molecular complexity index is 1260. The van der Waals surface area contributed by atoms with Gasteiger partial charge in [0.15, 0.2) is 5.78 Å². The van der Waals surface area contributed by atoms with Gasteiger partial charge in [-0.1, -0.05) is 24.3 Å². The fraction of sp³-hybridized carbons (Fsp3) is 0.227. The Morgan fingerprint density at radius 3 is 2.28 bits per heavy atom. The van der Waals surface area contributed by atoms with Gasteiger partial charge < -0.3 is 4.90 Å². The lowest BCUT2D eigenvalue weighted by molar-refractivity contribution is 0.0702. The maximum Gasteiger partial charge on any atom is 0.265 e. The van der Waals surface area contributed by atoms with Crippen LogP contribution in [0.25, 0.3) is 10.6 Å². The van der Waals surface area contributed by atoms with Gasteiger partial charge in [0, 0.05) is 37.3 Å². The van der Waals surface area contributed by atoms with Crippen molar-refractivity contribution in [1.82, 2.24) is 14.2 Å². The van der Waals surface area contributed by atoms with Crippen LogP contribution in [0.15, 0.2) is 59.6 Å². The highest BCUT2D eigenvalue weighted by molar-refractivity contribution is 7.89. The van der Waals surface area contributed by atoms with Crippen LogP contribution >= 0.6 is 11.3 Å². The Morgan fingerprint density at radius 2 is 1.66 bits per heavy atom. The topological polar surface area (TPSA) is 87.7 Å². The van der Waals surface area contributed by atoms with Gasteiger partial charge in [0.05, 0.1) is 11.1 Å². The van der Waals surface area contributed by atoms with Crippen LogP contribution in [0.5, 0.6) is 0 Å². The summed E-state index contributed by atoms with van der Waals surface area (Å²) in [6.07, 6.45) is 1.43. The highest BCUT2D eigenvalue weighted by Gasteiger charge is 2.31. The van der Waals surface area contributed by atoms with Crippen LogP contribution in [0.3, 0.4) is 0 Å². The van der Waals surface area contributed by atoms with Crippen molar-refractivity contribution in [2.45, 2.75) is 11.8 Å². The van der Waals surface area contributed by atoms with Crippen molar-refractivity contribution in [2.24, 2.45) is 0 Å². The highest BCUT2D eigenvalue weighted by atomic mass is 32.2. The molecule has 0 unspecified atom stereocenters. The molecule has 166 valence electrons. The second-order valence-corrected chi connectivity index (χ2v) is 10.3. The van der Waals surface area contributed by atoms with E-state index in [2.05, 4.69) is 4.98 Å². The van der Waals surface area contributed by atoms with E-state index in [-0.39, 0.29) is 42.8 Å². The second-order valence-electron chi connectivity index (χ2n) is 7.29. The van der Waals surface area contributed by atoms with E-state index in [1.165, 1.54) is 47.8 Å². The molecule has 1 fully saturated rings. The van der Waals surface area contributed by atoms with Gasteiger partial charge in [-0.3, -0.25) is 9.59 Å². The largest absolute Gasteiger partial charge is 0.335 e. The van der Waals surface area contributed by atoms with Crippen LogP contribution in [0.4, 0.5) is 4.39 Å². The first-order valence-electron chi connectivity index (χ1n) is 9.88. The first-order chi connectivity index (χ1) is 15.3. The molecule has 1 aliphatic rings. The second kappa shape index (κ2) is 8.89. The van der Waals surface area contributed by atoms with Crippen LogP contribution in [-0.2, 0) is 10.0 Å². The van der Waals surface area contributed by atoms with Crippen molar-refractivity contribution in [3.8, 4) is 10.6 Å². The van der Waals surface area contributed by atoms with E-state index in [4.69, 9.17) is 0 Å². The van der Waals surface area contributed by atoms with Gasteiger partial charge in [0.25, 0.3) is 5.91 Å². The molecule has 0 aliphatic carbocycles. The van der Waals surface area contributed by atoms with Gasteiger partial charge in [-0.25, -0.2) is 17.8 Å². The molecule has 1 amide bonds. The van der Waals surface area contributed by atoms with E-state index < -0.39 is 15.8 Å². The first kappa shape index (κ1) is 22.3. The van der Waals surface area contributed by atoms with E-state index in [1.54, 1.807) is 23.1 Å². The van der Waals surface area contributed by atoms with Crippen LogP contribution in [0.2, 0.25) is 0 Å². The number of aromatic nitrogens is 1. The number of Topliss-reactive ketones (excluding diaryl/α,β-unsaturated/α-hetero) is 1. The molecule has 10 heteroatoms. The Balaban J connectivity index is 1.43. The third kappa shape index (κ3) is 4.34. The van der Waals surface area contributed by atoms with Gasteiger partial charge in [-0.15, -0.1) is 11.3 Å². The number of amides is 1. The first-order valence-corrected chi connectivity index (χ1v) is 12.1. The van der Waals surface area contributed by atoms with E-state index in [9.17, 15) is 22.4 Å². The maximum absolute atomic E-state index is 14.0. The van der Waals surface area contributed by atoms with Crippen LogP contribution in [0, 0.1) is 5.82 Å². The number of carbonyl (C=O) groups is 2. The van der Waals surface area contributed by atoms with Crippen LogP contribution in [0.1, 0.15) is 27.0 Å². The normalized spacial score (nSPS) is 15.0. The Labute approximate surface area is 189 Å². The fourth-order valence-electron chi connectivity index (χ4n) is 3.43. The van der Waals surface area contributed by atoms with Crippen molar-refractivity contribution in [3.05, 3.63) is 71.0 Å². The average molecular weight is 474 g/mol. The van der Waals surface area contributed by atoms with E-state index in [1.807, 2.05) is 0 Å². The standard InChI is InChI=1S/C22H20FN3O4S2/c1-15(27)16-6-8-17(9-7-16)32(29,30)26-12-10-25(11-13-26)22(28)20-14-24-21(31-20)18-4-2-3-5-19(18)23/h2-9,14H,10-13H2,1H3. The van der Waals surface area contributed by atoms with Gasteiger partial charge in [0.2, 0.25) is 10.0 Å². The molecule has 0 atom stereocenters. The summed E-state index contributed by atoms with van der Waals surface area (Å²) in [5.41, 5.74) is 0.780. The zero-order valence-corrected chi connectivity index (χ0v) is 18.8. The molecule has 0 spiro atoms. The number of sulfonamides is 1. The number of benzene rings is 2. The summed E-state index contributed by atoms with van der Waals surface area (Å²) in [6.45, 7) is 2.19. The summed E-state index contributed by atoms with van der Waals surface area (Å²) in [6, 6.07) is 12.1. The van der Waals surface area contributed by atoms with E-state index >= 15 is 0 Å². The summed E-state index contributed by atoms with van der Waals surface area (Å²) < 4.78 is 41.1. The Kier molecular flexibility index (Phi) is 6.18. The van der Waals surface area contributed by atoms with Crippen molar-refractivity contribution >= 4 is 33.1 Å². The third-order valence-corrected chi connectivity index (χ3v) is 8.18. The van der Waals surface area contributed by atoms with Gasteiger partial charge in [0.1, 0.15) is 15.7 Å².